The zero-order valence-corrected chi connectivity index (χ0v) is 12.9. The van der Waals surface area contributed by atoms with Gasteiger partial charge in [-0.3, -0.25) is 5.01 Å². The first-order valence-corrected chi connectivity index (χ1v) is 7.17. The lowest BCUT2D eigenvalue weighted by molar-refractivity contribution is -0.0318. The van der Waals surface area contributed by atoms with Crippen LogP contribution in [0, 0.1) is 0 Å². The SMILES string of the molecule is CC1(C)CCCC(C)(C)N1N=Nc1ccc(Cl)cc1. The molecule has 1 heterocycles. The van der Waals surface area contributed by atoms with Crippen molar-refractivity contribution in [3.63, 3.8) is 0 Å². The summed E-state index contributed by atoms with van der Waals surface area (Å²) in [5.74, 6) is 0. The van der Waals surface area contributed by atoms with E-state index in [1.807, 2.05) is 24.3 Å². The molecule has 0 bridgehead atoms. The standard InChI is InChI=1S/C15H22ClN3/c1-14(2)10-5-11-15(3,4)19(14)18-17-13-8-6-12(16)7-9-13/h6-9H,5,10-11H2,1-4H3. The highest BCUT2D eigenvalue weighted by Gasteiger charge is 2.41. The zero-order valence-electron chi connectivity index (χ0n) is 12.2. The monoisotopic (exact) mass is 279 g/mol. The largest absolute Gasteiger partial charge is 0.267 e. The first kappa shape index (κ1) is 14.3. The van der Waals surface area contributed by atoms with Crippen molar-refractivity contribution < 1.29 is 0 Å². The van der Waals surface area contributed by atoms with Crippen LogP contribution in [0.25, 0.3) is 0 Å². The Morgan fingerprint density at radius 1 is 1.00 bits per heavy atom. The summed E-state index contributed by atoms with van der Waals surface area (Å²) < 4.78 is 0. The Morgan fingerprint density at radius 2 is 1.53 bits per heavy atom. The second kappa shape index (κ2) is 5.12. The van der Waals surface area contributed by atoms with Gasteiger partial charge >= 0.3 is 0 Å². The fourth-order valence-electron chi connectivity index (χ4n) is 2.83. The molecule has 1 aliphatic heterocycles. The van der Waals surface area contributed by atoms with Crippen molar-refractivity contribution in [2.45, 2.75) is 58.0 Å². The number of rotatable bonds is 2. The molecule has 2 rings (SSSR count). The van der Waals surface area contributed by atoms with Crippen molar-refractivity contribution in [1.82, 2.24) is 5.01 Å². The van der Waals surface area contributed by atoms with E-state index >= 15 is 0 Å². The highest BCUT2D eigenvalue weighted by atomic mass is 35.5. The average Bonchev–Trinajstić information content (AvgIpc) is 2.29. The summed E-state index contributed by atoms with van der Waals surface area (Å²) in [7, 11) is 0. The van der Waals surface area contributed by atoms with Gasteiger partial charge in [-0.1, -0.05) is 16.8 Å². The molecule has 0 aromatic heterocycles. The van der Waals surface area contributed by atoms with E-state index in [-0.39, 0.29) is 11.1 Å². The molecule has 0 atom stereocenters. The van der Waals surface area contributed by atoms with E-state index < -0.39 is 0 Å². The molecule has 4 heteroatoms. The lowest BCUT2D eigenvalue weighted by atomic mass is 9.82. The lowest BCUT2D eigenvalue weighted by Crippen LogP contribution is -2.55. The molecular formula is C15H22ClN3. The van der Waals surface area contributed by atoms with Gasteiger partial charge in [0.1, 0.15) is 0 Å². The highest BCUT2D eigenvalue weighted by Crippen LogP contribution is 2.38. The molecule has 1 fully saturated rings. The minimum Gasteiger partial charge on any atom is -0.267 e. The number of halogens is 1. The summed E-state index contributed by atoms with van der Waals surface area (Å²) in [5, 5.41) is 11.7. The predicted octanol–water partition coefficient (Wildman–Crippen LogP) is 5.38. The molecule has 0 N–H and O–H groups in total. The van der Waals surface area contributed by atoms with Gasteiger partial charge in [0.05, 0.1) is 16.8 Å². The van der Waals surface area contributed by atoms with Gasteiger partial charge in [0, 0.05) is 5.02 Å². The second-order valence-electron chi connectivity index (χ2n) is 6.46. The van der Waals surface area contributed by atoms with Gasteiger partial charge in [-0.15, -0.1) is 5.11 Å². The zero-order chi connectivity index (χ0) is 14.1. The quantitative estimate of drug-likeness (QED) is 0.668. The van der Waals surface area contributed by atoms with Crippen molar-refractivity contribution in [1.29, 1.82) is 0 Å². The van der Waals surface area contributed by atoms with Gasteiger partial charge in [-0.2, -0.15) is 0 Å². The fourth-order valence-corrected chi connectivity index (χ4v) is 2.96. The van der Waals surface area contributed by atoms with Crippen molar-refractivity contribution in [2.75, 3.05) is 0 Å². The van der Waals surface area contributed by atoms with Crippen LogP contribution in [0.2, 0.25) is 5.02 Å². The first-order chi connectivity index (χ1) is 8.81. The van der Waals surface area contributed by atoms with Crippen LogP contribution in [0.1, 0.15) is 47.0 Å². The number of hydrogen-bond donors (Lipinski definition) is 0. The Kier molecular flexibility index (Phi) is 3.86. The van der Waals surface area contributed by atoms with E-state index in [1.54, 1.807) is 0 Å². The van der Waals surface area contributed by atoms with Crippen LogP contribution < -0.4 is 0 Å². The summed E-state index contributed by atoms with van der Waals surface area (Å²) in [6.45, 7) is 8.92. The predicted molar refractivity (Wildman–Crippen MR) is 79.8 cm³/mol. The Balaban J connectivity index is 2.21. The van der Waals surface area contributed by atoms with Crippen LogP contribution in [-0.4, -0.2) is 16.1 Å². The Labute approximate surface area is 120 Å². The first-order valence-electron chi connectivity index (χ1n) is 6.79. The van der Waals surface area contributed by atoms with Crippen molar-refractivity contribution >= 4 is 17.3 Å². The van der Waals surface area contributed by atoms with Crippen LogP contribution in [0.4, 0.5) is 5.69 Å². The van der Waals surface area contributed by atoms with Crippen LogP contribution in [0.15, 0.2) is 34.6 Å². The smallest absolute Gasteiger partial charge is 0.0875 e. The van der Waals surface area contributed by atoms with Crippen molar-refractivity contribution in [2.24, 2.45) is 10.3 Å². The normalized spacial score (nSPS) is 21.8. The Hall–Kier alpha value is -1.09. The molecule has 104 valence electrons. The summed E-state index contributed by atoms with van der Waals surface area (Å²) in [5.41, 5.74) is 0.941. The molecule has 0 radical (unpaired) electrons. The van der Waals surface area contributed by atoms with E-state index in [4.69, 9.17) is 11.6 Å². The van der Waals surface area contributed by atoms with Gasteiger partial charge in [-0.05, 0) is 71.2 Å². The molecule has 1 aromatic carbocycles. The summed E-state index contributed by atoms with van der Waals surface area (Å²) in [6.07, 6.45) is 3.54. The molecule has 0 spiro atoms. The van der Waals surface area contributed by atoms with Gasteiger partial charge in [0.15, 0.2) is 0 Å². The number of nitrogens with zero attached hydrogens (tertiary/aromatic N) is 3. The van der Waals surface area contributed by atoms with E-state index in [1.165, 1.54) is 6.42 Å². The molecular weight excluding hydrogens is 258 g/mol. The minimum atomic E-state index is 0.0532. The molecule has 0 saturated carbocycles. The van der Waals surface area contributed by atoms with Crippen LogP contribution in [0.5, 0.6) is 0 Å². The van der Waals surface area contributed by atoms with Crippen LogP contribution in [-0.2, 0) is 0 Å². The van der Waals surface area contributed by atoms with Gasteiger partial charge in [0.25, 0.3) is 0 Å². The Morgan fingerprint density at radius 3 is 2.05 bits per heavy atom. The summed E-state index contributed by atoms with van der Waals surface area (Å²) >= 11 is 5.87. The molecule has 1 aliphatic rings. The molecule has 0 amide bonds. The minimum absolute atomic E-state index is 0.0532. The summed E-state index contributed by atoms with van der Waals surface area (Å²) in [4.78, 5) is 0. The average molecular weight is 280 g/mol. The lowest BCUT2D eigenvalue weighted by Gasteiger charge is -2.50. The molecule has 0 aliphatic carbocycles. The third kappa shape index (κ3) is 3.27. The molecule has 1 saturated heterocycles. The van der Waals surface area contributed by atoms with E-state index in [2.05, 4.69) is 43.0 Å². The van der Waals surface area contributed by atoms with Crippen LogP contribution in [0.3, 0.4) is 0 Å². The van der Waals surface area contributed by atoms with Gasteiger partial charge in [0.2, 0.25) is 0 Å². The summed E-state index contributed by atoms with van der Waals surface area (Å²) in [6, 6.07) is 7.44. The van der Waals surface area contributed by atoms with Crippen molar-refractivity contribution in [3.8, 4) is 0 Å². The fraction of sp³-hybridized carbons (Fsp3) is 0.600. The second-order valence-corrected chi connectivity index (χ2v) is 6.89. The van der Waals surface area contributed by atoms with E-state index in [0.29, 0.717) is 0 Å². The number of hydrogen-bond acceptors (Lipinski definition) is 2. The van der Waals surface area contributed by atoms with Crippen LogP contribution >= 0.6 is 11.6 Å². The molecule has 1 aromatic rings. The third-order valence-electron chi connectivity index (χ3n) is 3.80. The van der Waals surface area contributed by atoms with E-state index in [0.717, 1.165) is 23.6 Å². The van der Waals surface area contributed by atoms with Crippen molar-refractivity contribution in [3.05, 3.63) is 29.3 Å². The third-order valence-corrected chi connectivity index (χ3v) is 4.05. The number of piperidine rings is 1. The number of benzene rings is 1. The maximum Gasteiger partial charge on any atom is 0.0875 e. The molecule has 3 nitrogen and oxygen atoms in total. The molecule has 19 heavy (non-hydrogen) atoms. The van der Waals surface area contributed by atoms with Gasteiger partial charge < -0.3 is 0 Å². The topological polar surface area (TPSA) is 28.0 Å². The molecule has 0 unspecified atom stereocenters. The Bertz CT molecular complexity index is 447. The van der Waals surface area contributed by atoms with Gasteiger partial charge in [-0.25, -0.2) is 0 Å². The van der Waals surface area contributed by atoms with E-state index in [9.17, 15) is 0 Å². The highest BCUT2D eigenvalue weighted by molar-refractivity contribution is 6.30. The maximum atomic E-state index is 5.87. The maximum absolute atomic E-state index is 5.87.